The number of hydrogen-bond donors (Lipinski definition) is 1. The summed E-state index contributed by atoms with van der Waals surface area (Å²) in [6.07, 6.45) is -4.98. The molecular weight excluding hydrogens is 423 g/mol. The average Bonchev–Trinajstić information content (AvgIpc) is 2.98. The van der Waals surface area contributed by atoms with Crippen molar-refractivity contribution in [2.75, 3.05) is 13.6 Å². The van der Waals surface area contributed by atoms with E-state index in [0.717, 1.165) is 12.1 Å². The van der Waals surface area contributed by atoms with Gasteiger partial charge in [-0.05, 0) is 25.1 Å². The fourth-order valence-electron chi connectivity index (χ4n) is 2.28. The molecule has 0 aliphatic carbocycles. The molecule has 1 aromatic heterocycles. The highest BCUT2D eigenvalue weighted by Crippen LogP contribution is 2.35. The Balaban J connectivity index is 1.97. The Bertz CT molecular complexity index is 960. The third kappa shape index (κ3) is 5.69. The van der Waals surface area contributed by atoms with Crippen LogP contribution in [0.5, 0.6) is 0 Å². The Morgan fingerprint density at radius 2 is 2.00 bits per heavy atom. The Kier molecular flexibility index (Phi) is 6.73. The van der Waals surface area contributed by atoms with Crippen molar-refractivity contribution in [2.45, 2.75) is 31.0 Å². The maximum Gasteiger partial charge on any atom is 0.417 e. The molecule has 7 nitrogen and oxygen atoms in total. The van der Waals surface area contributed by atoms with Crippen molar-refractivity contribution in [2.24, 2.45) is 0 Å². The lowest BCUT2D eigenvalue weighted by Crippen LogP contribution is -2.32. The second-order valence-electron chi connectivity index (χ2n) is 5.97. The first-order valence-electron chi connectivity index (χ1n) is 7.93. The van der Waals surface area contributed by atoms with Gasteiger partial charge in [0.2, 0.25) is 15.9 Å². The van der Waals surface area contributed by atoms with Crippen LogP contribution in [0.4, 0.5) is 13.2 Å². The summed E-state index contributed by atoms with van der Waals surface area (Å²) in [7, 11) is -2.73. The van der Waals surface area contributed by atoms with Crippen molar-refractivity contribution in [1.82, 2.24) is 14.8 Å². The summed E-state index contributed by atoms with van der Waals surface area (Å²) in [6.45, 7) is 1.59. The Hall–Kier alpha value is -2.11. The van der Waals surface area contributed by atoms with Crippen LogP contribution in [0.1, 0.15) is 23.4 Å². The maximum atomic E-state index is 12.9. The van der Waals surface area contributed by atoms with Crippen molar-refractivity contribution in [3.63, 3.8) is 0 Å². The monoisotopic (exact) mass is 439 g/mol. The summed E-state index contributed by atoms with van der Waals surface area (Å²) < 4.78 is 70.0. The van der Waals surface area contributed by atoms with E-state index in [-0.39, 0.29) is 25.4 Å². The maximum absolute atomic E-state index is 12.9. The zero-order chi connectivity index (χ0) is 21.1. The van der Waals surface area contributed by atoms with Crippen molar-refractivity contribution >= 4 is 27.5 Å². The van der Waals surface area contributed by atoms with Crippen LogP contribution < -0.4 is 4.72 Å². The number of rotatable bonds is 7. The number of halogens is 4. The summed E-state index contributed by atoms with van der Waals surface area (Å²) >= 11 is 5.48. The third-order valence-corrected chi connectivity index (χ3v) is 5.47. The van der Waals surface area contributed by atoms with E-state index in [1.54, 1.807) is 13.0 Å². The van der Waals surface area contributed by atoms with Gasteiger partial charge in [-0.1, -0.05) is 16.8 Å². The minimum atomic E-state index is -4.79. The number of carbonyl (C=O) groups is 1. The van der Waals surface area contributed by atoms with E-state index < -0.39 is 31.7 Å². The number of aromatic nitrogens is 1. The van der Waals surface area contributed by atoms with Crippen molar-refractivity contribution in [3.8, 4) is 0 Å². The molecule has 2 rings (SSSR count). The lowest BCUT2D eigenvalue weighted by molar-refractivity contribution is -0.137. The number of carbonyl (C=O) groups excluding carboxylic acids is 1. The summed E-state index contributed by atoms with van der Waals surface area (Å²) in [6, 6.07) is 3.93. The van der Waals surface area contributed by atoms with Gasteiger partial charge in [0.05, 0.1) is 22.0 Å². The topological polar surface area (TPSA) is 92.5 Å². The quantitative estimate of drug-likeness (QED) is 0.716. The Morgan fingerprint density at radius 1 is 1.32 bits per heavy atom. The van der Waals surface area contributed by atoms with E-state index in [9.17, 15) is 26.4 Å². The number of benzene rings is 1. The molecule has 0 spiro atoms. The molecule has 1 N–H and O–H groups in total. The molecule has 0 bridgehead atoms. The highest BCUT2D eigenvalue weighted by atomic mass is 35.5. The van der Waals surface area contributed by atoms with Crippen LogP contribution >= 0.6 is 11.6 Å². The van der Waals surface area contributed by atoms with Gasteiger partial charge in [0, 0.05) is 26.1 Å². The van der Waals surface area contributed by atoms with Gasteiger partial charge in [-0.15, -0.1) is 0 Å². The van der Waals surface area contributed by atoms with Crippen LogP contribution in [0.2, 0.25) is 5.02 Å². The first kappa shape index (κ1) is 22.2. The summed E-state index contributed by atoms with van der Waals surface area (Å²) in [5.41, 5.74) is -0.717. The molecule has 0 radical (unpaired) electrons. The number of amides is 1. The lowest BCUT2D eigenvalue weighted by atomic mass is 10.2. The van der Waals surface area contributed by atoms with Crippen molar-refractivity contribution < 1.29 is 30.9 Å². The molecule has 0 aliphatic rings. The van der Waals surface area contributed by atoms with Crippen LogP contribution in [-0.2, 0) is 27.5 Å². The van der Waals surface area contributed by atoms with Gasteiger partial charge < -0.3 is 9.42 Å². The fraction of sp³-hybridized carbons (Fsp3) is 0.375. The molecule has 0 saturated heterocycles. The van der Waals surface area contributed by atoms with E-state index >= 15 is 0 Å². The molecule has 0 atom stereocenters. The van der Waals surface area contributed by atoms with Crippen molar-refractivity contribution in [1.29, 1.82) is 0 Å². The summed E-state index contributed by atoms with van der Waals surface area (Å²) in [4.78, 5) is 12.8. The van der Waals surface area contributed by atoms with E-state index in [2.05, 4.69) is 9.88 Å². The summed E-state index contributed by atoms with van der Waals surface area (Å²) in [5.74, 6) is 0.209. The molecular formula is C16H17ClF3N3O4S. The van der Waals surface area contributed by atoms with Gasteiger partial charge in [-0.2, -0.15) is 13.2 Å². The predicted molar refractivity (Wildman–Crippen MR) is 94.0 cm³/mol. The molecule has 1 heterocycles. The molecule has 12 heteroatoms. The van der Waals surface area contributed by atoms with Gasteiger partial charge in [-0.3, -0.25) is 4.79 Å². The number of aryl methyl sites for hydroxylation is 1. The van der Waals surface area contributed by atoms with E-state index in [1.807, 2.05) is 0 Å². The van der Waals surface area contributed by atoms with Gasteiger partial charge in [0.15, 0.2) is 0 Å². The first-order chi connectivity index (χ1) is 12.9. The van der Waals surface area contributed by atoms with Gasteiger partial charge in [0.25, 0.3) is 0 Å². The Morgan fingerprint density at radius 3 is 2.57 bits per heavy atom. The number of nitrogens with one attached hydrogen (secondary N) is 1. The largest absolute Gasteiger partial charge is 0.417 e. The third-order valence-electron chi connectivity index (χ3n) is 3.69. The molecule has 1 aromatic carbocycles. The SMILES string of the molecule is Cc1cc(CN(C)C(=O)CCNS(=O)(=O)c2ccc(Cl)c(C(F)(F)F)c2)no1. The molecule has 0 saturated carbocycles. The number of hydrogen-bond acceptors (Lipinski definition) is 5. The van der Waals surface area contributed by atoms with Crippen LogP contribution in [0.25, 0.3) is 0 Å². The second kappa shape index (κ2) is 8.50. The predicted octanol–water partition coefficient (Wildman–Crippen LogP) is 2.98. The molecule has 0 fully saturated rings. The molecule has 0 aliphatic heterocycles. The number of nitrogens with zero attached hydrogens (tertiary/aromatic N) is 2. The highest BCUT2D eigenvalue weighted by Gasteiger charge is 2.34. The van der Waals surface area contributed by atoms with Gasteiger partial charge in [0.1, 0.15) is 11.5 Å². The Labute approximate surface area is 164 Å². The summed E-state index contributed by atoms with van der Waals surface area (Å²) in [5, 5.41) is 3.14. The standard InChI is InChI=1S/C16H17ClF3N3O4S/c1-10-7-11(22-27-10)9-23(2)15(24)5-6-21-28(25,26)12-3-4-14(17)13(8-12)16(18,19)20/h3-4,7-8,21H,5-6,9H2,1-2H3. The van der Waals surface area contributed by atoms with Crippen LogP contribution in [0.3, 0.4) is 0 Å². The van der Waals surface area contributed by atoms with E-state index in [4.69, 9.17) is 16.1 Å². The zero-order valence-electron chi connectivity index (χ0n) is 14.9. The number of sulfonamides is 1. The zero-order valence-corrected chi connectivity index (χ0v) is 16.5. The minimum Gasteiger partial charge on any atom is -0.361 e. The second-order valence-corrected chi connectivity index (χ2v) is 8.14. The minimum absolute atomic E-state index is 0.176. The van der Waals surface area contributed by atoms with E-state index in [0.29, 0.717) is 17.5 Å². The van der Waals surface area contributed by atoms with Gasteiger partial charge in [-0.25, -0.2) is 13.1 Å². The van der Waals surface area contributed by atoms with Crippen LogP contribution in [0, 0.1) is 6.92 Å². The van der Waals surface area contributed by atoms with Crippen LogP contribution in [-0.4, -0.2) is 38.0 Å². The molecule has 28 heavy (non-hydrogen) atoms. The smallest absolute Gasteiger partial charge is 0.361 e. The van der Waals surface area contributed by atoms with E-state index in [1.165, 1.54) is 11.9 Å². The first-order valence-corrected chi connectivity index (χ1v) is 9.79. The van der Waals surface area contributed by atoms with Crippen LogP contribution in [0.15, 0.2) is 33.7 Å². The molecule has 154 valence electrons. The lowest BCUT2D eigenvalue weighted by Gasteiger charge is -2.16. The van der Waals surface area contributed by atoms with Gasteiger partial charge >= 0.3 is 6.18 Å². The molecule has 1 amide bonds. The van der Waals surface area contributed by atoms with Crippen molar-refractivity contribution in [3.05, 3.63) is 46.3 Å². The highest BCUT2D eigenvalue weighted by molar-refractivity contribution is 7.89. The normalized spacial score (nSPS) is 12.2. The fourth-order valence-corrected chi connectivity index (χ4v) is 3.56. The molecule has 2 aromatic rings. The number of alkyl halides is 3. The average molecular weight is 440 g/mol. The molecule has 0 unspecified atom stereocenters.